The molecule has 0 amide bonds. The summed E-state index contributed by atoms with van der Waals surface area (Å²) in [4.78, 5) is 11.5. The van der Waals surface area contributed by atoms with Crippen molar-refractivity contribution >= 4 is 85.1 Å². The van der Waals surface area contributed by atoms with E-state index in [4.69, 9.17) is 9.47 Å². The minimum absolute atomic E-state index is 0.0188. The highest BCUT2D eigenvalue weighted by atomic mass is 32.2. The van der Waals surface area contributed by atoms with Crippen LogP contribution in [0.1, 0.15) is 76.0 Å². The van der Waals surface area contributed by atoms with Gasteiger partial charge in [0.25, 0.3) is 40.5 Å². The number of nitrogens with zero attached hydrogens (tertiary/aromatic N) is 2. The molecule has 0 saturated heterocycles. The molecule has 0 bridgehead atoms. The Kier molecular flexibility index (Phi) is 15.9. The van der Waals surface area contributed by atoms with E-state index >= 15 is 0 Å². The zero-order chi connectivity index (χ0) is 50.9. The topological polar surface area (TPSA) is 279 Å². The van der Waals surface area contributed by atoms with Gasteiger partial charge in [0.05, 0.1) is 34.2 Å². The number of hydrogen-bond acceptors (Lipinski definition) is 12. The third-order valence-corrected chi connectivity index (χ3v) is 16.2. The predicted molar refractivity (Wildman–Crippen MR) is 260 cm³/mol. The fourth-order valence-corrected chi connectivity index (χ4v) is 12.2. The van der Waals surface area contributed by atoms with Crippen LogP contribution in [0.2, 0.25) is 0 Å². The number of fused-ring (bicyclic) bond motifs is 6. The molecule has 1 unspecified atom stereocenters. The van der Waals surface area contributed by atoms with Crippen LogP contribution >= 0.6 is 0 Å². The molecule has 69 heavy (non-hydrogen) atoms. The maximum absolute atomic E-state index is 12.7. The lowest BCUT2D eigenvalue weighted by Crippen LogP contribution is -2.31. The Morgan fingerprint density at radius 2 is 1.35 bits per heavy atom. The number of aliphatic carboxylic acids is 1. The number of hydrogen-bond donors (Lipinski definition) is 5. The highest BCUT2D eigenvalue weighted by Gasteiger charge is 2.47. The van der Waals surface area contributed by atoms with Gasteiger partial charge in [0.1, 0.15) is 11.4 Å². The van der Waals surface area contributed by atoms with Gasteiger partial charge in [-0.2, -0.15) is 38.2 Å². The van der Waals surface area contributed by atoms with Crippen molar-refractivity contribution in [2.45, 2.75) is 91.2 Å². The van der Waals surface area contributed by atoms with Crippen LogP contribution in [0.4, 0.5) is 11.4 Å². The number of carboxylic acids is 1. The predicted octanol–water partition coefficient (Wildman–Crippen LogP) is 7.03. The van der Waals surface area contributed by atoms with E-state index in [1.807, 2.05) is 54.5 Å². The number of ether oxygens (including phenoxy) is 2. The molecule has 0 radical (unpaired) electrons. The van der Waals surface area contributed by atoms with Crippen LogP contribution in [0, 0.1) is 0 Å². The Hall–Kier alpha value is -4.88. The molecule has 374 valence electrons. The number of allylic oxidation sites excluding steroid dienone is 6. The Bertz CT molecular complexity index is 3290. The lowest BCUT2D eigenvalue weighted by atomic mass is 9.75. The summed E-state index contributed by atoms with van der Waals surface area (Å²) in [5.74, 6) is -1.47. The van der Waals surface area contributed by atoms with Crippen LogP contribution < -0.4 is 4.90 Å². The van der Waals surface area contributed by atoms with Gasteiger partial charge >= 0.3 is 5.97 Å². The summed E-state index contributed by atoms with van der Waals surface area (Å²) >= 11 is 0. The van der Waals surface area contributed by atoms with E-state index in [2.05, 4.69) is 0 Å². The third kappa shape index (κ3) is 11.5. The molecule has 0 aliphatic carbocycles. The van der Waals surface area contributed by atoms with Crippen molar-refractivity contribution in [3.05, 3.63) is 101 Å². The van der Waals surface area contributed by atoms with Crippen molar-refractivity contribution in [2.75, 3.05) is 51.2 Å². The van der Waals surface area contributed by atoms with Gasteiger partial charge in [-0.05, 0) is 123 Å². The van der Waals surface area contributed by atoms with Gasteiger partial charge in [0, 0.05) is 73.5 Å². The monoisotopic (exact) mass is 1030 g/mol. The smallest absolute Gasteiger partial charge is 0.303 e. The minimum Gasteiger partial charge on any atom is -0.481 e. The molecule has 6 rings (SSSR count). The first kappa shape index (κ1) is 53.5. The van der Waals surface area contributed by atoms with E-state index in [9.17, 15) is 61.8 Å². The lowest BCUT2D eigenvalue weighted by molar-refractivity contribution is -0.438. The second-order valence-corrected chi connectivity index (χ2v) is 23.6. The van der Waals surface area contributed by atoms with Gasteiger partial charge in [-0.25, -0.2) is 0 Å². The zero-order valence-electron chi connectivity index (χ0n) is 38.7. The molecular formula is C47H57N2O16S4+. The SMILES string of the molecule is COCCc1cc(S(=O)(=O)O)cc2c3c(ccc12)N(CCOC)/C(=C/C=C/C=C/C1=[N+](CCCCCC(=O)O)c2ccc4c(S(=O)(=O)O)cc(S(=O)(=O)O)cc4c2C1(C)C)C3(C)CCCS(=O)(=O)O. The van der Waals surface area contributed by atoms with Crippen LogP contribution in [0.15, 0.2) is 99.3 Å². The first-order chi connectivity index (χ1) is 32.1. The molecule has 0 spiro atoms. The van der Waals surface area contributed by atoms with Crippen molar-refractivity contribution in [1.82, 2.24) is 0 Å². The lowest BCUT2D eigenvalue weighted by Gasteiger charge is -2.31. The number of unbranched alkanes of at least 4 members (excludes halogenated alkanes) is 2. The number of benzene rings is 4. The molecule has 4 aromatic rings. The fourth-order valence-electron chi connectivity index (χ4n) is 9.78. The van der Waals surface area contributed by atoms with Crippen molar-refractivity contribution in [1.29, 1.82) is 0 Å². The van der Waals surface area contributed by atoms with Gasteiger partial charge < -0.3 is 19.5 Å². The highest BCUT2D eigenvalue weighted by Crippen LogP contribution is 2.54. The van der Waals surface area contributed by atoms with E-state index in [-0.39, 0.29) is 48.1 Å². The number of rotatable bonds is 22. The second-order valence-electron chi connectivity index (χ2n) is 17.8. The van der Waals surface area contributed by atoms with Crippen molar-refractivity contribution in [3.63, 3.8) is 0 Å². The van der Waals surface area contributed by atoms with E-state index in [0.29, 0.717) is 95.1 Å². The normalized spacial score (nSPS) is 18.2. The van der Waals surface area contributed by atoms with Crippen molar-refractivity contribution in [3.8, 4) is 0 Å². The first-order valence-electron chi connectivity index (χ1n) is 21.9. The van der Waals surface area contributed by atoms with Gasteiger partial charge in [-0.1, -0.05) is 24.3 Å². The average molecular weight is 1030 g/mol. The standard InChI is InChI=1S/C47H56N2O16S4/c1-46(2)41(48(22-11-7-10-15-43(50)51)38-19-17-35-37(44(38)46)29-33(68(58,59)60)30-40(35)69(61,62)63)13-8-6-9-14-42-47(3,21-12-26-66(52,53)54)45-36-28-32(67(55,56)57)27-31(20-24-64-4)34(36)16-18-39(45)49(42)23-25-65-5/h6,8-9,13-14,16-19,27-30H,7,10-12,15,20-26H2,1-5H3,(H4-,50,51,52,53,54,55,56,57,58,59,60,61,62,63)/p+1. The highest BCUT2D eigenvalue weighted by molar-refractivity contribution is 7.87. The maximum atomic E-state index is 12.7. The van der Waals surface area contributed by atoms with Crippen LogP contribution in [-0.4, -0.2) is 120 Å². The van der Waals surface area contributed by atoms with E-state index in [1.165, 1.54) is 31.4 Å². The zero-order valence-corrected chi connectivity index (χ0v) is 42.0. The molecule has 18 nitrogen and oxygen atoms in total. The summed E-state index contributed by atoms with van der Waals surface area (Å²) in [6.45, 7) is 6.83. The fraction of sp³-hybridized carbons (Fsp3) is 0.404. The summed E-state index contributed by atoms with van der Waals surface area (Å²) < 4.78 is 153. The van der Waals surface area contributed by atoms with E-state index in [1.54, 1.807) is 31.4 Å². The number of carbonyl (C=O) groups is 1. The van der Waals surface area contributed by atoms with Gasteiger partial charge in [-0.3, -0.25) is 23.0 Å². The minimum atomic E-state index is -4.98. The van der Waals surface area contributed by atoms with Crippen molar-refractivity contribution in [2.24, 2.45) is 0 Å². The van der Waals surface area contributed by atoms with E-state index in [0.717, 1.165) is 0 Å². The first-order valence-corrected chi connectivity index (χ1v) is 27.8. The van der Waals surface area contributed by atoms with E-state index < -0.39 is 72.8 Å². The number of carboxylic acid groups (broad SMARTS) is 1. The largest absolute Gasteiger partial charge is 0.481 e. The molecule has 22 heteroatoms. The van der Waals surface area contributed by atoms with Gasteiger partial charge in [-0.15, -0.1) is 0 Å². The maximum Gasteiger partial charge on any atom is 0.303 e. The Labute approximate surface area is 402 Å². The summed E-state index contributed by atoms with van der Waals surface area (Å²) in [5, 5.41) is 10.6. The molecular weight excluding hydrogens is 977 g/mol. The molecule has 1 atom stereocenters. The summed E-state index contributed by atoms with van der Waals surface area (Å²) in [6.07, 6.45) is 11.0. The van der Waals surface area contributed by atoms with Crippen molar-refractivity contribution < 1.29 is 75.8 Å². The average Bonchev–Trinajstić information content (AvgIpc) is 3.61. The quantitative estimate of drug-likeness (QED) is 0.0229. The molecule has 2 aliphatic heterocycles. The summed E-state index contributed by atoms with van der Waals surface area (Å²) in [5.41, 5.74) is 2.49. The number of methoxy groups -OCH3 is 2. The Balaban J connectivity index is 1.50. The summed E-state index contributed by atoms with van der Waals surface area (Å²) in [7, 11) is -15.9. The van der Waals surface area contributed by atoms with Crippen LogP contribution in [-0.2, 0) is 72.0 Å². The number of anilines is 1. The van der Waals surface area contributed by atoms with Gasteiger partial charge in [0.2, 0.25) is 5.69 Å². The summed E-state index contributed by atoms with van der Waals surface area (Å²) in [6, 6.07) is 11.5. The second kappa shape index (κ2) is 20.5. The Morgan fingerprint density at radius 1 is 0.710 bits per heavy atom. The van der Waals surface area contributed by atoms with Crippen LogP contribution in [0.25, 0.3) is 21.5 Å². The molecule has 0 aromatic heterocycles. The molecule has 2 heterocycles. The molecule has 0 fully saturated rings. The molecule has 4 aromatic carbocycles. The Morgan fingerprint density at radius 3 is 1.96 bits per heavy atom. The molecule has 5 N–H and O–H groups in total. The third-order valence-electron chi connectivity index (χ3n) is 12.8. The van der Waals surface area contributed by atoms with Gasteiger partial charge in [0.15, 0.2) is 5.71 Å². The molecule has 2 aliphatic rings. The molecule has 0 saturated carbocycles. The van der Waals surface area contributed by atoms with Crippen LogP contribution in [0.3, 0.4) is 0 Å². The van der Waals surface area contributed by atoms with Crippen LogP contribution in [0.5, 0.6) is 0 Å².